The summed E-state index contributed by atoms with van der Waals surface area (Å²) >= 11 is 0. The standard InChI is InChI=1S/C25H48O4/c1-3-5-7-8-9-10-13-16-19-23-29-25(27)21-18-15-12-11-14-17-20-24(26)28-22-6-4-2/h3-23H2,1-2H3. The molecule has 0 aliphatic heterocycles. The van der Waals surface area contributed by atoms with Crippen molar-refractivity contribution in [3.8, 4) is 0 Å². The molecule has 0 radical (unpaired) electrons. The average Bonchev–Trinajstić information content (AvgIpc) is 2.71. The molecule has 0 unspecified atom stereocenters. The highest BCUT2D eigenvalue weighted by atomic mass is 16.5. The van der Waals surface area contributed by atoms with E-state index in [4.69, 9.17) is 9.47 Å². The monoisotopic (exact) mass is 412 g/mol. The van der Waals surface area contributed by atoms with E-state index in [9.17, 15) is 9.59 Å². The zero-order valence-corrected chi connectivity index (χ0v) is 19.5. The number of unbranched alkanes of at least 4 members (excludes halogenated alkanes) is 14. The molecular formula is C25H48O4. The van der Waals surface area contributed by atoms with Gasteiger partial charge in [0.05, 0.1) is 13.2 Å². The van der Waals surface area contributed by atoms with E-state index in [1.165, 1.54) is 51.4 Å². The van der Waals surface area contributed by atoms with Gasteiger partial charge in [-0.2, -0.15) is 0 Å². The number of carbonyl (C=O) groups is 2. The molecule has 0 saturated heterocycles. The quantitative estimate of drug-likeness (QED) is 0.136. The van der Waals surface area contributed by atoms with Crippen molar-refractivity contribution >= 4 is 11.9 Å². The van der Waals surface area contributed by atoms with Gasteiger partial charge in [-0.25, -0.2) is 0 Å². The van der Waals surface area contributed by atoms with E-state index in [1.807, 2.05) is 0 Å². The second-order valence-corrected chi connectivity index (χ2v) is 8.24. The topological polar surface area (TPSA) is 52.6 Å². The molecule has 0 amide bonds. The van der Waals surface area contributed by atoms with Gasteiger partial charge in [-0.1, -0.05) is 97.3 Å². The van der Waals surface area contributed by atoms with Crippen LogP contribution in [-0.2, 0) is 19.1 Å². The SMILES string of the molecule is CCCCCCCCCCCOC(=O)CCCCCCCCC(=O)OCCCC. The zero-order chi connectivity index (χ0) is 21.4. The predicted octanol–water partition coefficient (Wildman–Crippen LogP) is 7.52. The predicted molar refractivity (Wildman–Crippen MR) is 121 cm³/mol. The Balaban J connectivity index is 3.23. The maximum Gasteiger partial charge on any atom is 0.305 e. The molecular weight excluding hydrogens is 364 g/mol. The van der Waals surface area contributed by atoms with Crippen LogP contribution in [0.15, 0.2) is 0 Å². The molecule has 0 aromatic carbocycles. The second kappa shape index (κ2) is 23.2. The Morgan fingerprint density at radius 1 is 0.448 bits per heavy atom. The number of hydrogen-bond acceptors (Lipinski definition) is 4. The summed E-state index contributed by atoms with van der Waals surface area (Å²) in [5.41, 5.74) is 0. The van der Waals surface area contributed by atoms with Crippen LogP contribution in [0.3, 0.4) is 0 Å². The summed E-state index contributed by atoms with van der Waals surface area (Å²) in [4.78, 5) is 23.2. The van der Waals surface area contributed by atoms with Crippen LogP contribution in [0.5, 0.6) is 0 Å². The van der Waals surface area contributed by atoms with E-state index < -0.39 is 0 Å². The van der Waals surface area contributed by atoms with Crippen molar-refractivity contribution < 1.29 is 19.1 Å². The first-order valence-electron chi connectivity index (χ1n) is 12.5. The minimum atomic E-state index is -0.0619. The van der Waals surface area contributed by atoms with Crippen LogP contribution in [0.4, 0.5) is 0 Å². The Hall–Kier alpha value is -1.06. The number of rotatable bonds is 22. The lowest BCUT2D eigenvalue weighted by atomic mass is 10.1. The molecule has 0 fully saturated rings. The van der Waals surface area contributed by atoms with Crippen molar-refractivity contribution in [2.75, 3.05) is 13.2 Å². The zero-order valence-electron chi connectivity index (χ0n) is 19.5. The van der Waals surface area contributed by atoms with Gasteiger partial charge in [0.2, 0.25) is 0 Å². The van der Waals surface area contributed by atoms with E-state index in [0.717, 1.165) is 57.8 Å². The third-order valence-electron chi connectivity index (χ3n) is 5.28. The highest BCUT2D eigenvalue weighted by molar-refractivity contribution is 5.69. The van der Waals surface area contributed by atoms with Crippen LogP contribution in [0.1, 0.15) is 136 Å². The molecule has 0 heterocycles. The Labute approximate surface area is 180 Å². The van der Waals surface area contributed by atoms with Crippen molar-refractivity contribution in [2.45, 2.75) is 136 Å². The maximum absolute atomic E-state index is 11.7. The minimum absolute atomic E-state index is 0.0422. The Kier molecular flexibility index (Phi) is 22.4. The van der Waals surface area contributed by atoms with Crippen LogP contribution in [0.2, 0.25) is 0 Å². The lowest BCUT2D eigenvalue weighted by Crippen LogP contribution is -2.05. The molecule has 0 saturated carbocycles. The van der Waals surface area contributed by atoms with Gasteiger partial charge < -0.3 is 9.47 Å². The third-order valence-corrected chi connectivity index (χ3v) is 5.28. The fourth-order valence-corrected chi connectivity index (χ4v) is 3.32. The van der Waals surface area contributed by atoms with Crippen LogP contribution in [0.25, 0.3) is 0 Å². The van der Waals surface area contributed by atoms with Crippen LogP contribution in [-0.4, -0.2) is 25.2 Å². The average molecular weight is 413 g/mol. The van der Waals surface area contributed by atoms with Crippen molar-refractivity contribution in [1.82, 2.24) is 0 Å². The van der Waals surface area contributed by atoms with Crippen molar-refractivity contribution in [1.29, 1.82) is 0 Å². The lowest BCUT2D eigenvalue weighted by molar-refractivity contribution is -0.144. The number of esters is 2. The molecule has 0 aromatic heterocycles. The van der Waals surface area contributed by atoms with E-state index in [2.05, 4.69) is 13.8 Å². The fraction of sp³-hybridized carbons (Fsp3) is 0.920. The molecule has 0 atom stereocenters. The summed E-state index contributed by atoms with van der Waals surface area (Å²) < 4.78 is 10.5. The minimum Gasteiger partial charge on any atom is -0.466 e. The molecule has 4 heteroatoms. The van der Waals surface area contributed by atoms with Gasteiger partial charge in [-0.15, -0.1) is 0 Å². The Morgan fingerprint density at radius 2 is 0.793 bits per heavy atom. The van der Waals surface area contributed by atoms with Crippen LogP contribution >= 0.6 is 0 Å². The molecule has 0 rings (SSSR count). The molecule has 0 spiro atoms. The highest BCUT2D eigenvalue weighted by Crippen LogP contribution is 2.11. The van der Waals surface area contributed by atoms with Gasteiger partial charge in [0, 0.05) is 12.8 Å². The molecule has 0 aliphatic rings. The van der Waals surface area contributed by atoms with E-state index >= 15 is 0 Å². The summed E-state index contributed by atoms with van der Waals surface area (Å²) in [7, 11) is 0. The third kappa shape index (κ3) is 23.1. The van der Waals surface area contributed by atoms with E-state index in [0.29, 0.717) is 26.1 Å². The number of carbonyl (C=O) groups excluding carboxylic acids is 2. The number of ether oxygens (including phenoxy) is 2. The molecule has 29 heavy (non-hydrogen) atoms. The maximum atomic E-state index is 11.7. The summed E-state index contributed by atoms with van der Waals surface area (Å²) in [6.07, 6.45) is 20.8. The van der Waals surface area contributed by atoms with Gasteiger partial charge >= 0.3 is 11.9 Å². The molecule has 0 aromatic rings. The summed E-state index contributed by atoms with van der Waals surface area (Å²) in [6, 6.07) is 0. The Bertz CT molecular complexity index is 368. The molecule has 0 bridgehead atoms. The smallest absolute Gasteiger partial charge is 0.305 e. The molecule has 172 valence electrons. The van der Waals surface area contributed by atoms with Crippen molar-refractivity contribution in [3.63, 3.8) is 0 Å². The summed E-state index contributed by atoms with van der Waals surface area (Å²) in [6.45, 7) is 5.48. The fourth-order valence-electron chi connectivity index (χ4n) is 3.32. The Morgan fingerprint density at radius 3 is 1.24 bits per heavy atom. The first-order chi connectivity index (χ1) is 14.2. The largest absolute Gasteiger partial charge is 0.466 e. The van der Waals surface area contributed by atoms with Crippen molar-refractivity contribution in [2.24, 2.45) is 0 Å². The first-order valence-corrected chi connectivity index (χ1v) is 12.5. The normalized spacial score (nSPS) is 10.8. The first kappa shape index (κ1) is 27.9. The van der Waals surface area contributed by atoms with Gasteiger partial charge in [-0.05, 0) is 25.7 Å². The van der Waals surface area contributed by atoms with Crippen LogP contribution in [0, 0.1) is 0 Å². The van der Waals surface area contributed by atoms with E-state index in [1.54, 1.807) is 0 Å². The van der Waals surface area contributed by atoms with E-state index in [-0.39, 0.29) is 11.9 Å². The van der Waals surface area contributed by atoms with Crippen LogP contribution < -0.4 is 0 Å². The summed E-state index contributed by atoms with van der Waals surface area (Å²) in [5.74, 6) is -0.104. The van der Waals surface area contributed by atoms with Gasteiger partial charge in [0.1, 0.15) is 0 Å². The second-order valence-electron chi connectivity index (χ2n) is 8.24. The number of hydrogen-bond donors (Lipinski definition) is 0. The summed E-state index contributed by atoms with van der Waals surface area (Å²) in [5, 5.41) is 0. The van der Waals surface area contributed by atoms with Gasteiger partial charge in [0.15, 0.2) is 0 Å². The van der Waals surface area contributed by atoms with Gasteiger partial charge in [-0.3, -0.25) is 9.59 Å². The van der Waals surface area contributed by atoms with Crippen molar-refractivity contribution in [3.05, 3.63) is 0 Å². The highest BCUT2D eigenvalue weighted by Gasteiger charge is 2.04. The molecule has 4 nitrogen and oxygen atoms in total. The van der Waals surface area contributed by atoms with Gasteiger partial charge in [0.25, 0.3) is 0 Å². The molecule has 0 aliphatic carbocycles. The molecule has 0 N–H and O–H groups in total. The lowest BCUT2D eigenvalue weighted by Gasteiger charge is -2.06.